The summed E-state index contributed by atoms with van der Waals surface area (Å²) in [5.74, 6) is 0. The first-order valence-corrected chi connectivity index (χ1v) is 3.97. The van der Waals surface area contributed by atoms with Gasteiger partial charge in [0.05, 0.1) is 12.5 Å². The molecule has 0 aromatic carbocycles. The number of rotatable bonds is 2. The highest BCUT2D eigenvalue weighted by Crippen LogP contribution is 2.11. The zero-order chi connectivity index (χ0) is 9.84. The smallest absolute Gasteiger partial charge is 0.250 e. The van der Waals surface area contributed by atoms with Crippen LogP contribution >= 0.6 is 0 Å². The van der Waals surface area contributed by atoms with Gasteiger partial charge in [0.25, 0.3) is 5.56 Å². The number of hydrogen-bond donors (Lipinski definition) is 2. The van der Waals surface area contributed by atoms with E-state index in [-0.39, 0.29) is 18.0 Å². The van der Waals surface area contributed by atoms with Gasteiger partial charge in [0.1, 0.15) is 0 Å². The molecule has 3 N–H and O–H groups in total. The van der Waals surface area contributed by atoms with Crippen LogP contribution in [-0.4, -0.2) is 4.98 Å². The molecule has 4 nitrogen and oxygen atoms in total. The summed E-state index contributed by atoms with van der Waals surface area (Å²) < 4.78 is 0. The molecule has 0 bridgehead atoms. The van der Waals surface area contributed by atoms with Gasteiger partial charge in [-0.15, -0.1) is 0 Å². The quantitative estimate of drug-likeness (QED) is 0.693. The standard InChI is InChI=1S/C9H11N3O/c1-6-4-7(5-12-9(6)13)8(11)2-3-10/h4-5,8H,2,11H2,1H3,(H,12,13)/t8-/m0/s1. The van der Waals surface area contributed by atoms with E-state index in [1.165, 1.54) is 0 Å². The molecule has 13 heavy (non-hydrogen) atoms. The van der Waals surface area contributed by atoms with Crippen molar-refractivity contribution in [1.82, 2.24) is 4.98 Å². The Morgan fingerprint density at radius 2 is 2.46 bits per heavy atom. The number of H-pyrrole nitrogens is 1. The third-order valence-electron chi connectivity index (χ3n) is 1.85. The molecule has 0 radical (unpaired) electrons. The molecule has 1 aromatic heterocycles. The minimum Gasteiger partial charge on any atom is -0.329 e. The van der Waals surface area contributed by atoms with E-state index in [1.54, 1.807) is 19.2 Å². The van der Waals surface area contributed by atoms with Crippen LogP contribution in [0.4, 0.5) is 0 Å². The highest BCUT2D eigenvalue weighted by molar-refractivity contribution is 5.20. The van der Waals surface area contributed by atoms with Gasteiger partial charge in [0.15, 0.2) is 0 Å². The van der Waals surface area contributed by atoms with Crippen LogP contribution in [0.15, 0.2) is 17.1 Å². The van der Waals surface area contributed by atoms with Gasteiger partial charge in [-0.3, -0.25) is 4.79 Å². The topological polar surface area (TPSA) is 82.7 Å². The van der Waals surface area contributed by atoms with Crippen LogP contribution in [0.3, 0.4) is 0 Å². The molecule has 1 rings (SSSR count). The number of pyridine rings is 1. The average Bonchev–Trinajstić information content (AvgIpc) is 2.10. The number of aromatic nitrogens is 1. The van der Waals surface area contributed by atoms with Crippen molar-refractivity contribution >= 4 is 0 Å². The van der Waals surface area contributed by atoms with Crippen molar-refractivity contribution in [3.05, 3.63) is 33.7 Å². The van der Waals surface area contributed by atoms with E-state index in [1.807, 2.05) is 6.07 Å². The fraction of sp³-hybridized carbons (Fsp3) is 0.333. The normalized spacial score (nSPS) is 12.1. The largest absolute Gasteiger partial charge is 0.329 e. The summed E-state index contributed by atoms with van der Waals surface area (Å²) in [5.41, 5.74) is 6.97. The van der Waals surface area contributed by atoms with E-state index in [9.17, 15) is 4.79 Å². The summed E-state index contributed by atoms with van der Waals surface area (Å²) >= 11 is 0. The first-order valence-electron chi connectivity index (χ1n) is 3.97. The van der Waals surface area contributed by atoms with E-state index in [0.29, 0.717) is 5.56 Å². The van der Waals surface area contributed by atoms with Crippen LogP contribution in [0, 0.1) is 18.3 Å². The van der Waals surface area contributed by atoms with Crippen LogP contribution in [0.1, 0.15) is 23.6 Å². The Hall–Kier alpha value is -1.60. The lowest BCUT2D eigenvalue weighted by atomic mass is 10.1. The van der Waals surface area contributed by atoms with E-state index in [0.717, 1.165) is 5.56 Å². The number of nitriles is 1. The lowest BCUT2D eigenvalue weighted by Gasteiger charge is -2.07. The maximum Gasteiger partial charge on any atom is 0.250 e. The molecule has 1 aromatic rings. The van der Waals surface area contributed by atoms with E-state index in [4.69, 9.17) is 11.0 Å². The Bertz CT molecular complexity index is 389. The van der Waals surface area contributed by atoms with Crippen molar-refractivity contribution < 1.29 is 0 Å². The predicted molar refractivity (Wildman–Crippen MR) is 49.0 cm³/mol. The lowest BCUT2D eigenvalue weighted by molar-refractivity contribution is 0.741. The van der Waals surface area contributed by atoms with Crippen LogP contribution in [0.5, 0.6) is 0 Å². The van der Waals surface area contributed by atoms with E-state index >= 15 is 0 Å². The van der Waals surface area contributed by atoms with Crippen molar-refractivity contribution in [1.29, 1.82) is 5.26 Å². The van der Waals surface area contributed by atoms with Crippen molar-refractivity contribution in [2.75, 3.05) is 0 Å². The number of nitrogens with two attached hydrogens (primary N) is 1. The molecule has 0 aliphatic carbocycles. The predicted octanol–water partition coefficient (Wildman–Crippen LogP) is 0.597. The van der Waals surface area contributed by atoms with Gasteiger partial charge in [-0.05, 0) is 18.6 Å². The van der Waals surface area contributed by atoms with Gasteiger partial charge < -0.3 is 10.7 Å². The van der Waals surface area contributed by atoms with Gasteiger partial charge in [0, 0.05) is 17.8 Å². The second kappa shape index (κ2) is 3.87. The second-order valence-corrected chi connectivity index (χ2v) is 2.91. The first-order chi connectivity index (χ1) is 6.15. The van der Waals surface area contributed by atoms with Gasteiger partial charge in [-0.25, -0.2) is 0 Å². The molecule has 68 valence electrons. The molecular formula is C9H11N3O. The van der Waals surface area contributed by atoms with Crippen molar-refractivity contribution in [2.24, 2.45) is 5.73 Å². The highest BCUT2D eigenvalue weighted by Gasteiger charge is 2.05. The first kappa shape index (κ1) is 9.49. The zero-order valence-electron chi connectivity index (χ0n) is 7.37. The molecule has 0 saturated carbocycles. The summed E-state index contributed by atoms with van der Waals surface area (Å²) in [6.07, 6.45) is 1.81. The molecule has 0 fully saturated rings. The molecule has 0 aliphatic heterocycles. The Morgan fingerprint density at radius 3 is 3.00 bits per heavy atom. The number of hydrogen-bond acceptors (Lipinski definition) is 3. The van der Waals surface area contributed by atoms with Crippen LogP contribution < -0.4 is 11.3 Å². The minimum atomic E-state index is -0.319. The van der Waals surface area contributed by atoms with Crippen LogP contribution in [0.2, 0.25) is 0 Å². The van der Waals surface area contributed by atoms with Crippen LogP contribution in [-0.2, 0) is 0 Å². The molecule has 1 heterocycles. The molecule has 0 unspecified atom stereocenters. The lowest BCUT2D eigenvalue weighted by Crippen LogP contribution is -2.15. The summed E-state index contributed by atoms with van der Waals surface area (Å²) in [5, 5.41) is 8.42. The second-order valence-electron chi connectivity index (χ2n) is 2.91. The highest BCUT2D eigenvalue weighted by atomic mass is 16.1. The van der Waals surface area contributed by atoms with Crippen LogP contribution in [0.25, 0.3) is 0 Å². The molecular weight excluding hydrogens is 166 g/mol. The van der Waals surface area contributed by atoms with Gasteiger partial charge in [-0.1, -0.05) is 0 Å². The summed E-state index contributed by atoms with van der Waals surface area (Å²) in [7, 11) is 0. The van der Waals surface area contributed by atoms with Gasteiger partial charge in [-0.2, -0.15) is 5.26 Å². The van der Waals surface area contributed by atoms with Gasteiger partial charge >= 0.3 is 0 Å². The number of aromatic amines is 1. The van der Waals surface area contributed by atoms with Crippen molar-refractivity contribution in [3.63, 3.8) is 0 Å². The molecule has 0 saturated heterocycles. The Labute approximate surface area is 76.0 Å². The number of nitrogens with one attached hydrogen (secondary N) is 1. The number of aryl methyl sites for hydroxylation is 1. The fourth-order valence-electron chi connectivity index (χ4n) is 1.05. The summed E-state index contributed by atoms with van der Waals surface area (Å²) in [6.45, 7) is 1.71. The monoisotopic (exact) mass is 177 g/mol. The van der Waals surface area contributed by atoms with Gasteiger partial charge in [0.2, 0.25) is 0 Å². The molecule has 0 spiro atoms. The third kappa shape index (κ3) is 2.17. The average molecular weight is 177 g/mol. The van der Waals surface area contributed by atoms with Crippen molar-refractivity contribution in [2.45, 2.75) is 19.4 Å². The Kier molecular flexibility index (Phi) is 2.83. The van der Waals surface area contributed by atoms with E-state index in [2.05, 4.69) is 4.98 Å². The molecule has 1 atom stereocenters. The van der Waals surface area contributed by atoms with E-state index < -0.39 is 0 Å². The van der Waals surface area contributed by atoms with Crippen molar-refractivity contribution in [3.8, 4) is 6.07 Å². The number of nitrogens with zero attached hydrogens (tertiary/aromatic N) is 1. The molecule has 4 heteroatoms. The Morgan fingerprint density at radius 1 is 1.77 bits per heavy atom. The zero-order valence-corrected chi connectivity index (χ0v) is 7.37. The summed E-state index contributed by atoms with van der Waals surface area (Å²) in [4.78, 5) is 13.6. The summed E-state index contributed by atoms with van der Waals surface area (Å²) in [6, 6.07) is 3.37. The molecule has 0 aliphatic rings. The fourth-order valence-corrected chi connectivity index (χ4v) is 1.05. The molecule has 0 amide bonds. The minimum absolute atomic E-state index is 0.118. The SMILES string of the molecule is Cc1cc([C@@H](N)CC#N)c[nH]c1=O. The third-order valence-corrected chi connectivity index (χ3v) is 1.85. The Balaban J connectivity index is 2.98. The maximum atomic E-state index is 11.0. The maximum absolute atomic E-state index is 11.0.